The van der Waals surface area contributed by atoms with Crippen LogP contribution in [0, 0.1) is 0 Å². The zero-order valence-electron chi connectivity index (χ0n) is 8.05. The van der Waals surface area contributed by atoms with E-state index in [4.69, 9.17) is 17.3 Å². The molecule has 1 rings (SSSR count). The Balaban J connectivity index is 3.10. The zero-order chi connectivity index (χ0) is 11.6. The third-order valence-electron chi connectivity index (χ3n) is 2.12. The first-order chi connectivity index (χ1) is 6.88. The standard InChI is InChI=1S/C8H11ClF3N3/c1-15-7(6(9)4-14-15)5(2-3-13)8(10,11)12/h4-5H,2-3,13H2,1H3. The van der Waals surface area contributed by atoms with Gasteiger partial charge in [0.05, 0.1) is 22.8 Å². The summed E-state index contributed by atoms with van der Waals surface area (Å²) in [6, 6.07) is 0. The molecule has 1 atom stereocenters. The van der Waals surface area contributed by atoms with E-state index in [1.807, 2.05) is 0 Å². The highest BCUT2D eigenvalue weighted by Crippen LogP contribution is 2.39. The first kappa shape index (κ1) is 12.3. The summed E-state index contributed by atoms with van der Waals surface area (Å²) in [5, 5.41) is 3.70. The van der Waals surface area contributed by atoms with Crippen LogP contribution in [0.4, 0.5) is 13.2 Å². The van der Waals surface area contributed by atoms with Crippen LogP contribution < -0.4 is 5.73 Å². The number of aryl methyl sites for hydroxylation is 1. The van der Waals surface area contributed by atoms with E-state index >= 15 is 0 Å². The molecule has 0 aliphatic carbocycles. The molecule has 0 spiro atoms. The summed E-state index contributed by atoms with van der Waals surface area (Å²) in [7, 11) is 1.43. The highest BCUT2D eigenvalue weighted by molar-refractivity contribution is 6.31. The molecule has 1 unspecified atom stereocenters. The molecular weight excluding hydrogens is 231 g/mol. The minimum absolute atomic E-state index is 0.0216. The molecule has 86 valence electrons. The van der Waals surface area contributed by atoms with Crippen molar-refractivity contribution in [2.24, 2.45) is 12.8 Å². The molecule has 0 bridgehead atoms. The average Bonchev–Trinajstić information content (AvgIpc) is 2.41. The summed E-state index contributed by atoms with van der Waals surface area (Å²) >= 11 is 5.66. The van der Waals surface area contributed by atoms with Crippen molar-refractivity contribution in [3.8, 4) is 0 Å². The molecular formula is C8H11ClF3N3. The number of alkyl halides is 3. The lowest BCUT2D eigenvalue weighted by atomic mass is 10.0. The van der Waals surface area contributed by atoms with Gasteiger partial charge >= 0.3 is 6.18 Å². The van der Waals surface area contributed by atoms with Crippen molar-refractivity contribution in [3.05, 3.63) is 16.9 Å². The van der Waals surface area contributed by atoms with Crippen molar-refractivity contribution in [2.45, 2.75) is 18.5 Å². The normalized spacial score (nSPS) is 14.3. The highest BCUT2D eigenvalue weighted by Gasteiger charge is 2.42. The molecule has 0 aromatic carbocycles. The van der Waals surface area contributed by atoms with Gasteiger partial charge in [0.1, 0.15) is 0 Å². The molecule has 0 amide bonds. The Morgan fingerprint density at radius 2 is 2.20 bits per heavy atom. The Bertz CT molecular complexity index is 315. The van der Waals surface area contributed by atoms with Crippen LogP contribution in [0.25, 0.3) is 0 Å². The second-order valence-electron chi connectivity index (χ2n) is 3.17. The number of hydrogen-bond donors (Lipinski definition) is 1. The largest absolute Gasteiger partial charge is 0.397 e. The number of hydrogen-bond acceptors (Lipinski definition) is 2. The lowest BCUT2D eigenvalue weighted by Gasteiger charge is -2.20. The molecule has 1 aromatic rings. The average molecular weight is 242 g/mol. The quantitative estimate of drug-likeness (QED) is 0.880. The van der Waals surface area contributed by atoms with E-state index in [0.29, 0.717) is 0 Å². The molecule has 3 nitrogen and oxygen atoms in total. The van der Waals surface area contributed by atoms with E-state index in [9.17, 15) is 13.2 Å². The Morgan fingerprint density at radius 3 is 2.53 bits per heavy atom. The monoisotopic (exact) mass is 241 g/mol. The van der Waals surface area contributed by atoms with Gasteiger partial charge in [-0.2, -0.15) is 18.3 Å². The summed E-state index contributed by atoms with van der Waals surface area (Å²) < 4.78 is 39.2. The van der Waals surface area contributed by atoms with E-state index < -0.39 is 12.1 Å². The van der Waals surface area contributed by atoms with Crippen LogP contribution in [-0.2, 0) is 7.05 Å². The Labute approximate surface area is 90.0 Å². The first-order valence-corrected chi connectivity index (χ1v) is 4.70. The van der Waals surface area contributed by atoms with Crippen molar-refractivity contribution in [2.75, 3.05) is 6.54 Å². The van der Waals surface area contributed by atoms with E-state index in [0.717, 1.165) is 4.68 Å². The molecule has 0 aliphatic heterocycles. The number of nitrogens with two attached hydrogens (primary N) is 1. The van der Waals surface area contributed by atoms with Crippen molar-refractivity contribution < 1.29 is 13.2 Å². The predicted octanol–water partition coefficient (Wildman–Crippen LogP) is 2.07. The predicted molar refractivity (Wildman–Crippen MR) is 50.7 cm³/mol. The molecule has 1 aromatic heterocycles. The number of nitrogens with zero attached hydrogens (tertiary/aromatic N) is 2. The maximum Gasteiger partial charge on any atom is 0.397 e. The fourth-order valence-corrected chi connectivity index (χ4v) is 1.73. The number of rotatable bonds is 3. The third-order valence-corrected chi connectivity index (χ3v) is 2.41. The minimum Gasteiger partial charge on any atom is -0.330 e. The van der Waals surface area contributed by atoms with E-state index in [-0.39, 0.29) is 23.7 Å². The van der Waals surface area contributed by atoms with Gasteiger partial charge in [0.15, 0.2) is 0 Å². The van der Waals surface area contributed by atoms with E-state index in [1.165, 1.54) is 13.2 Å². The molecule has 15 heavy (non-hydrogen) atoms. The van der Waals surface area contributed by atoms with Gasteiger partial charge in [-0.3, -0.25) is 4.68 Å². The topological polar surface area (TPSA) is 43.8 Å². The maximum absolute atomic E-state index is 12.7. The van der Waals surface area contributed by atoms with Gasteiger partial charge in [-0.15, -0.1) is 0 Å². The van der Waals surface area contributed by atoms with Crippen LogP contribution in [0.5, 0.6) is 0 Å². The molecule has 7 heteroatoms. The van der Waals surface area contributed by atoms with Crippen molar-refractivity contribution in [3.63, 3.8) is 0 Å². The lowest BCUT2D eigenvalue weighted by Crippen LogP contribution is -2.25. The molecule has 0 saturated heterocycles. The van der Waals surface area contributed by atoms with E-state index in [2.05, 4.69) is 5.10 Å². The molecule has 1 heterocycles. The summed E-state index contributed by atoms with van der Waals surface area (Å²) in [4.78, 5) is 0. The van der Waals surface area contributed by atoms with Crippen LogP contribution in [0.3, 0.4) is 0 Å². The Kier molecular flexibility index (Phi) is 3.62. The van der Waals surface area contributed by atoms with Gasteiger partial charge in [0.2, 0.25) is 0 Å². The molecule has 0 aliphatic rings. The molecule has 2 N–H and O–H groups in total. The van der Waals surface area contributed by atoms with Gasteiger partial charge in [0, 0.05) is 7.05 Å². The second kappa shape index (κ2) is 4.40. The summed E-state index contributed by atoms with van der Waals surface area (Å²) in [6.45, 7) is -0.0499. The molecule has 0 saturated carbocycles. The molecule has 0 radical (unpaired) electrons. The van der Waals surface area contributed by atoms with Crippen LogP contribution in [-0.4, -0.2) is 22.5 Å². The van der Waals surface area contributed by atoms with Gasteiger partial charge in [-0.05, 0) is 13.0 Å². The number of aromatic nitrogens is 2. The third kappa shape index (κ3) is 2.63. The summed E-state index contributed by atoms with van der Waals surface area (Å²) in [5.74, 6) is -1.65. The van der Waals surface area contributed by atoms with Crippen LogP contribution in [0.1, 0.15) is 18.0 Å². The Hall–Kier alpha value is -0.750. The van der Waals surface area contributed by atoms with Crippen molar-refractivity contribution in [1.29, 1.82) is 0 Å². The Morgan fingerprint density at radius 1 is 1.60 bits per heavy atom. The van der Waals surface area contributed by atoms with Gasteiger partial charge < -0.3 is 5.73 Å². The van der Waals surface area contributed by atoms with Crippen molar-refractivity contribution >= 4 is 11.6 Å². The first-order valence-electron chi connectivity index (χ1n) is 4.32. The fourth-order valence-electron chi connectivity index (χ4n) is 1.43. The number of halogens is 4. The van der Waals surface area contributed by atoms with Crippen LogP contribution in [0.2, 0.25) is 5.02 Å². The van der Waals surface area contributed by atoms with Crippen molar-refractivity contribution in [1.82, 2.24) is 9.78 Å². The maximum atomic E-state index is 12.7. The zero-order valence-corrected chi connectivity index (χ0v) is 8.81. The lowest BCUT2D eigenvalue weighted by molar-refractivity contribution is -0.152. The summed E-state index contributed by atoms with van der Waals surface area (Å²) in [6.07, 6.45) is -3.34. The van der Waals surface area contributed by atoms with Gasteiger partial charge in [0.25, 0.3) is 0 Å². The smallest absolute Gasteiger partial charge is 0.330 e. The summed E-state index contributed by atoms with van der Waals surface area (Å²) in [5.41, 5.74) is 5.13. The molecule has 0 fully saturated rings. The SMILES string of the molecule is Cn1ncc(Cl)c1C(CCN)C(F)(F)F. The van der Waals surface area contributed by atoms with Gasteiger partial charge in [-0.1, -0.05) is 11.6 Å². The van der Waals surface area contributed by atoms with Crippen LogP contribution in [0.15, 0.2) is 6.20 Å². The fraction of sp³-hybridized carbons (Fsp3) is 0.625. The van der Waals surface area contributed by atoms with Gasteiger partial charge in [-0.25, -0.2) is 0 Å². The van der Waals surface area contributed by atoms with E-state index in [1.54, 1.807) is 0 Å². The highest BCUT2D eigenvalue weighted by atomic mass is 35.5. The van der Waals surface area contributed by atoms with Crippen LogP contribution >= 0.6 is 11.6 Å². The second-order valence-corrected chi connectivity index (χ2v) is 3.58. The minimum atomic E-state index is -4.35.